The Labute approximate surface area is 84.1 Å². The molecule has 3 nitrogen and oxygen atoms in total. The first-order valence-corrected chi connectivity index (χ1v) is 4.90. The molecule has 0 saturated heterocycles. The van der Waals surface area contributed by atoms with Crippen molar-refractivity contribution in [2.45, 2.75) is 32.8 Å². The largest absolute Gasteiger partial charge is 0.463 e. The summed E-state index contributed by atoms with van der Waals surface area (Å²) in [5, 5.41) is 9.29. The van der Waals surface area contributed by atoms with Gasteiger partial charge in [0.05, 0.1) is 12.7 Å². The molecule has 1 aliphatic carbocycles. The summed E-state index contributed by atoms with van der Waals surface area (Å²) in [5.74, 6) is -0.242. The summed E-state index contributed by atoms with van der Waals surface area (Å²) < 4.78 is 4.88. The van der Waals surface area contributed by atoms with Crippen LogP contribution >= 0.6 is 0 Å². The third-order valence-electron chi connectivity index (χ3n) is 2.26. The maximum absolute atomic E-state index is 11.3. The van der Waals surface area contributed by atoms with Gasteiger partial charge in [0.1, 0.15) is 0 Å². The average molecular weight is 196 g/mol. The molecule has 1 rings (SSSR count). The van der Waals surface area contributed by atoms with Crippen molar-refractivity contribution in [1.82, 2.24) is 0 Å². The third-order valence-corrected chi connectivity index (χ3v) is 2.26. The van der Waals surface area contributed by atoms with Crippen molar-refractivity contribution in [2.75, 3.05) is 6.61 Å². The van der Waals surface area contributed by atoms with Gasteiger partial charge in [0.25, 0.3) is 0 Å². The van der Waals surface area contributed by atoms with E-state index in [0.29, 0.717) is 18.6 Å². The normalized spacial score (nSPS) is 18.2. The first-order chi connectivity index (χ1) is 6.65. The highest BCUT2D eigenvalue weighted by Crippen LogP contribution is 2.21. The SMILES string of the molecule is CCOC(=O)C1=CC=C([C@H](C)O)CC1. The molecule has 0 aromatic carbocycles. The Morgan fingerprint density at radius 1 is 1.57 bits per heavy atom. The van der Waals surface area contributed by atoms with Crippen molar-refractivity contribution in [2.24, 2.45) is 0 Å². The van der Waals surface area contributed by atoms with E-state index < -0.39 is 6.10 Å². The Kier molecular flexibility index (Phi) is 3.89. The van der Waals surface area contributed by atoms with Gasteiger partial charge >= 0.3 is 5.97 Å². The number of esters is 1. The molecule has 14 heavy (non-hydrogen) atoms. The lowest BCUT2D eigenvalue weighted by Crippen LogP contribution is -2.13. The van der Waals surface area contributed by atoms with E-state index in [9.17, 15) is 9.90 Å². The van der Waals surface area contributed by atoms with Crippen molar-refractivity contribution < 1.29 is 14.6 Å². The zero-order valence-corrected chi connectivity index (χ0v) is 8.62. The molecule has 0 saturated carbocycles. The number of hydrogen-bond donors (Lipinski definition) is 1. The second-order valence-corrected chi connectivity index (χ2v) is 3.33. The summed E-state index contributed by atoms with van der Waals surface area (Å²) in [7, 11) is 0. The molecular formula is C11H16O3. The Bertz CT molecular complexity index is 274. The van der Waals surface area contributed by atoms with Crippen LogP contribution in [0.1, 0.15) is 26.7 Å². The number of rotatable bonds is 3. The van der Waals surface area contributed by atoms with Crippen molar-refractivity contribution in [3.05, 3.63) is 23.3 Å². The highest BCUT2D eigenvalue weighted by Gasteiger charge is 2.15. The summed E-state index contributed by atoms with van der Waals surface area (Å²) in [6.45, 7) is 3.93. The Balaban J connectivity index is 2.64. The number of aliphatic hydroxyl groups is 1. The number of hydrogen-bond acceptors (Lipinski definition) is 3. The van der Waals surface area contributed by atoms with Gasteiger partial charge in [0.15, 0.2) is 0 Å². The number of carbonyl (C=O) groups excluding carboxylic acids is 1. The summed E-state index contributed by atoms with van der Waals surface area (Å²) >= 11 is 0. The molecule has 0 fully saturated rings. The highest BCUT2D eigenvalue weighted by molar-refractivity contribution is 5.89. The van der Waals surface area contributed by atoms with E-state index >= 15 is 0 Å². The van der Waals surface area contributed by atoms with Gasteiger partial charge in [-0.2, -0.15) is 0 Å². The second-order valence-electron chi connectivity index (χ2n) is 3.33. The third kappa shape index (κ3) is 2.70. The lowest BCUT2D eigenvalue weighted by Gasteiger charge is -2.15. The minimum atomic E-state index is -0.421. The Hall–Kier alpha value is -1.09. The predicted molar refractivity (Wildman–Crippen MR) is 53.7 cm³/mol. The maximum Gasteiger partial charge on any atom is 0.333 e. The van der Waals surface area contributed by atoms with E-state index in [4.69, 9.17) is 4.74 Å². The minimum absolute atomic E-state index is 0.242. The fourth-order valence-corrected chi connectivity index (χ4v) is 1.40. The Morgan fingerprint density at radius 2 is 2.29 bits per heavy atom. The number of ether oxygens (including phenoxy) is 1. The molecule has 1 atom stereocenters. The van der Waals surface area contributed by atoms with Crippen LogP contribution in [0.25, 0.3) is 0 Å². The topological polar surface area (TPSA) is 46.5 Å². The minimum Gasteiger partial charge on any atom is -0.463 e. The van der Waals surface area contributed by atoms with Crippen LogP contribution in [0, 0.1) is 0 Å². The zero-order chi connectivity index (χ0) is 10.6. The van der Waals surface area contributed by atoms with Crippen molar-refractivity contribution in [3.8, 4) is 0 Å². The summed E-state index contributed by atoms with van der Waals surface area (Å²) in [5.41, 5.74) is 1.66. The number of carbonyl (C=O) groups is 1. The first kappa shape index (κ1) is 11.0. The molecular weight excluding hydrogens is 180 g/mol. The zero-order valence-electron chi connectivity index (χ0n) is 8.62. The Morgan fingerprint density at radius 3 is 2.71 bits per heavy atom. The van der Waals surface area contributed by atoms with Gasteiger partial charge in [-0.3, -0.25) is 0 Å². The lowest BCUT2D eigenvalue weighted by atomic mass is 9.95. The van der Waals surface area contributed by atoms with E-state index in [2.05, 4.69) is 0 Å². The highest BCUT2D eigenvalue weighted by atomic mass is 16.5. The molecule has 0 aromatic heterocycles. The van der Waals surface area contributed by atoms with E-state index in [1.807, 2.05) is 0 Å². The first-order valence-electron chi connectivity index (χ1n) is 4.90. The molecule has 1 N–H and O–H groups in total. The van der Waals surface area contributed by atoms with Crippen LogP contribution in [-0.2, 0) is 9.53 Å². The van der Waals surface area contributed by atoms with Gasteiger partial charge in [-0.25, -0.2) is 4.79 Å². The maximum atomic E-state index is 11.3. The summed E-state index contributed by atoms with van der Waals surface area (Å²) in [6, 6.07) is 0. The monoisotopic (exact) mass is 196 g/mol. The molecule has 0 heterocycles. The molecule has 0 aromatic rings. The van der Waals surface area contributed by atoms with Crippen LogP contribution in [-0.4, -0.2) is 23.8 Å². The molecule has 78 valence electrons. The number of allylic oxidation sites excluding steroid dienone is 2. The molecule has 0 amide bonds. The molecule has 0 bridgehead atoms. The van der Waals surface area contributed by atoms with Crippen molar-refractivity contribution in [3.63, 3.8) is 0 Å². The molecule has 1 aliphatic rings. The van der Waals surface area contributed by atoms with E-state index in [1.54, 1.807) is 26.0 Å². The van der Waals surface area contributed by atoms with Gasteiger partial charge in [0.2, 0.25) is 0 Å². The van der Waals surface area contributed by atoms with Crippen LogP contribution in [0.4, 0.5) is 0 Å². The quantitative estimate of drug-likeness (QED) is 0.697. The summed E-state index contributed by atoms with van der Waals surface area (Å²) in [4.78, 5) is 11.3. The molecule has 0 spiro atoms. The van der Waals surface area contributed by atoms with Gasteiger partial charge < -0.3 is 9.84 Å². The van der Waals surface area contributed by atoms with Crippen LogP contribution in [0.2, 0.25) is 0 Å². The van der Waals surface area contributed by atoms with Crippen LogP contribution in [0.5, 0.6) is 0 Å². The number of aliphatic hydroxyl groups excluding tert-OH is 1. The van der Waals surface area contributed by atoms with Gasteiger partial charge in [0, 0.05) is 5.57 Å². The standard InChI is InChI=1S/C11H16O3/c1-3-14-11(13)10-6-4-9(5-7-10)8(2)12/h4,6,8,12H,3,5,7H2,1-2H3/t8-/m0/s1. The van der Waals surface area contributed by atoms with Crippen LogP contribution < -0.4 is 0 Å². The predicted octanol–water partition coefficient (Wildman–Crippen LogP) is 1.58. The van der Waals surface area contributed by atoms with Crippen LogP contribution in [0.3, 0.4) is 0 Å². The molecule has 0 unspecified atom stereocenters. The van der Waals surface area contributed by atoms with Crippen molar-refractivity contribution >= 4 is 5.97 Å². The van der Waals surface area contributed by atoms with Gasteiger partial charge in [-0.05, 0) is 32.3 Å². The summed E-state index contributed by atoms with van der Waals surface area (Å²) in [6.07, 6.45) is 4.52. The van der Waals surface area contributed by atoms with E-state index in [-0.39, 0.29) is 5.97 Å². The molecule has 0 radical (unpaired) electrons. The van der Waals surface area contributed by atoms with Crippen LogP contribution in [0.15, 0.2) is 23.3 Å². The lowest BCUT2D eigenvalue weighted by molar-refractivity contribution is -0.138. The molecule has 0 aliphatic heterocycles. The molecule has 3 heteroatoms. The smallest absolute Gasteiger partial charge is 0.333 e. The van der Waals surface area contributed by atoms with Crippen molar-refractivity contribution in [1.29, 1.82) is 0 Å². The van der Waals surface area contributed by atoms with Gasteiger partial charge in [-0.15, -0.1) is 0 Å². The fourth-order valence-electron chi connectivity index (χ4n) is 1.40. The average Bonchev–Trinajstić information content (AvgIpc) is 2.18. The second kappa shape index (κ2) is 4.96. The van der Waals surface area contributed by atoms with Gasteiger partial charge in [-0.1, -0.05) is 12.2 Å². The fraction of sp³-hybridized carbons (Fsp3) is 0.545. The van der Waals surface area contributed by atoms with E-state index in [0.717, 1.165) is 12.0 Å². The van der Waals surface area contributed by atoms with E-state index in [1.165, 1.54) is 0 Å².